The van der Waals surface area contributed by atoms with E-state index in [0.29, 0.717) is 12.1 Å². The maximum Gasteiger partial charge on any atom is 0.407 e. The average Bonchev–Trinajstić information content (AvgIpc) is 2.56. The van der Waals surface area contributed by atoms with Gasteiger partial charge in [0.2, 0.25) is 0 Å². The van der Waals surface area contributed by atoms with E-state index < -0.39 is 11.2 Å². The molecular weight excluding hydrogens is 384 g/mol. The highest BCUT2D eigenvalue weighted by molar-refractivity contribution is 5.68. The van der Waals surface area contributed by atoms with Gasteiger partial charge in [-0.05, 0) is 92.9 Å². The van der Waals surface area contributed by atoms with Gasteiger partial charge in [-0.25, -0.2) is 9.59 Å². The van der Waals surface area contributed by atoms with Gasteiger partial charge in [0.25, 0.3) is 0 Å². The van der Waals surface area contributed by atoms with Crippen LogP contribution in [-0.4, -0.2) is 47.6 Å². The summed E-state index contributed by atoms with van der Waals surface area (Å²) in [5, 5.41) is 5.76. The van der Waals surface area contributed by atoms with Crippen LogP contribution in [0.2, 0.25) is 0 Å². The van der Waals surface area contributed by atoms with Crippen LogP contribution in [0.3, 0.4) is 0 Å². The fraction of sp³-hybridized carbons (Fsp3) is 0.909. The number of hydrogen-bond acceptors (Lipinski definition) is 6. The molecule has 2 amide bonds. The maximum absolute atomic E-state index is 11.4. The summed E-state index contributed by atoms with van der Waals surface area (Å²) < 4.78 is 10.4. The molecule has 0 heterocycles. The van der Waals surface area contributed by atoms with E-state index in [2.05, 4.69) is 10.6 Å². The Balaban J connectivity index is 0.000000300. The number of amides is 2. The number of nitrogens with two attached hydrogens (primary N) is 2. The maximum atomic E-state index is 11.4. The Labute approximate surface area is 182 Å². The predicted octanol–water partition coefficient (Wildman–Crippen LogP) is 3.56. The molecule has 2 fully saturated rings. The van der Waals surface area contributed by atoms with Gasteiger partial charge in [-0.1, -0.05) is 0 Å². The summed E-state index contributed by atoms with van der Waals surface area (Å²) in [6, 6.07) is 1.09. The van der Waals surface area contributed by atoms with E-state index in [1.807, 2.05) is 41.5 Å². The van der Waals surface area contributed by atoms with Crippen LogP contribution in [0.1, 0.15) is 92.9 Å². The van der Waals surface area contributed by atoms with Gasteiger partial charge >= 0.3 is 12.2 Å². The standard InChI is InChI=1S/2C11H22N2O2/c2*1-11(2,3)15-10(14)13-9-6-4-8(12)5-7-9/h2*8-9H,4-7,12H2,1-3H3,(H,13,14). The summed E-state index contributed by atoms with van der Waals surface area (Å²) >= 11 is 0. The lowest BCUT2D eigenvalue weighted by atomic mass is 9.92. The lowest BCUT2D eigenvalue weighted by Crippen LogP contribution is -2.42. The molecule has 0 aromatic heterocycles. The van der Waals surface area contributed by atoms with Crippen LogP contribution < -0.4 is 22.1 Å². The minimum Gasteiger partial charge on any atom is -0.444 e. The largest absolute Gasteiger partial charge is 0.444 e. The molecule has 176 valence electrons. The monoisotopic (exact) mass is 428 g/mol. The van der Waals surface area contributed by atoms with Crippen LogP contribution in [0.15, 0.2) is 0 Å². The van der Waals surface area contributed by atoms with E-state index in [1.165, 1.54) is 0 Å². The van der Waals surface area contributed by atoms with Gasteiger partial charge in [0.1, 0.15) is 11.2 Å². The van der Waals surface area contributed by atoms with Crippen molar-refractivity contribution in [1.29, 1.82) is 0 Å². The molecule has 2 saturated carbocycles. The number of alkyl carbamates (subject to hydrolysis) is 2. The highest BCUT2D eigenvalue weighted by Gasteiger charge is 2.24. The molecule has 2 aliphatic rings. The average molecular weight is 429 g/mol. The Kier molecular flexibility index (Phi) is 10.4. The summed E-state index contributed by atoms with van der Waals surface area (Å²) in [6.07, 6.45) is 7.15. The van der Waals surface area contributed by atoms with Crippen molar-refractivity contribution in [3.05, 3.63) is 0 Å². The van der Waals surface area contributed by atoms with E-state index in [-0.39, 0.29) is 24.3 Å². The van der Waals surface area contributed by atoms with Crippen molar-refractivity contribution >= 4 is 12.2 Å². The van der Waals surface area contributed by atoms with Crippen molar-refractivity contribution in [2.24, 2.45) is 11.5 Å². The van der Waals surface area contributed by atoms with Crippen molar-refractivity contribution in [2.45, 2.75) is 128 Å². The molecule has 0 aromatic carbocycles. The SMILES string of the molecule is CC(C)(C)OC(=O)NC1CCC(N)CC1.CC(C)(C)OC(=O)NC1CCC(N)CC1. The number of carbonyl (C=O) groups is 2. The molecule has 0 spiro atoms. The molecule has 8 heteroatoms. The molecule has 0 atom stereocenters. The van der Waals surface area contributed by atoms with Gasteiger partial charge in [0.15, 0.2) is 0 Å². The first-order valence-corrected chi connectivity index (χ1v) is 11.2. The third kappa shape index (κ3) is 12.9. The zero-order valence-electron chi connectivity index (χ0n) is 19.8. The zero-order chi connectivity index (χ0) is 22.9. The number of hydrogen-bond donors (Lipinski definition) is 4. The van der Waals surface area contributed by atoms with Gasteiger partial charge in [-0.2, -0.15) is 0 Å². The molecular formula is C22H44N4O4. The second kappa shape index (κ2) is 11.7. The second-order valence-corrected chi connectivity index (χ2v) is 10.5. The van der Waals surface area contributed by atoms with E-state index in [1.54, 1.807) is 0 Å². The Morgan fingerprint density at radius 1 is 0.633 bits per heavy atom. The van der Waals surface area contributed by atoms with Crippen molar-refractivity contribution in [2.75, 3.05) is 0 Å². The first-order valence-electron chi connectivity index (χ1n) is 11.2. The minimum absolute atomic E-state index is 0.236. The molecule has 0 aromatic rings. The van der Waals surface area contributed by atoms with Crippen LogP contribution in [-0.2, 0) is 9.47 Å². The minimum atomic E-state index is -0.421. The molecule has 0 saturated heterocycles. The Morgan fingerprint density at radius 3 is 1.13 bits per heavy atom. The number of rotatable bonds is 2. The highest BCUT2D eigenvalue weighted by Crippen LogP contribution is 2.18. The molecule has 2 aliphatic carbocycles. The molecule has 0 radical (unpaired) electrons. The molecule has 2 rings (SSSR count). The summed E-state index contributed by atoms with van der Waals surface area (Å²) in [6.45, 7) is 11.2. The van der Waals surface area contributed by atoms with Gasteiger partial charge < -0.3 is 31.6 Å². The highest BCUT2D eigenvalue weighted by atomic mass is 16.6. The Morgan fingerprint density at radius 2 is 0.900 bits per heavy atom. The predicted molar refractivity (Wildman–Crippen MR) is 119 cm³/mol. The van der Waals surface area contributed by atoms with Gasteiger partial charge in [-0.3, -0.25) is 0 Å². The van der Waals surface area contributed by atoms with E-state index in [4.69, 9.17) is 20.9 Å². The molecule has 8 nitrogen and oxygen atoms in total. The number of nitrogens with one attached hydrogen (secondary N) is 2. The van der Waals surface area contributed by atoms with Crippen LogP contribution in [0.25, 0.3) is 0 Å². The Bertz CT molecular complexity index is 478. The fourth-order valence-corrected chi connectivity index (χ4v) is 3.48. The van der Waals surface area contributed by atoms with Crippen molar-refractivity contribution in [3.8, 4) is 0 Å². The number of ether oxygens (including phenoxy) is 2. The summed E-state index contributed by atoms with van der Waals surface area (Å²) in [5.41, 5.74) is 10.7. The van der Waals surface area contributed by atoms with E-state index >= 15 is 0 Å². The molecule has 0 unspecified atom stereocenters. The van der Waals surface area contributed by atoms with Gasteiger partial charge in [0, 0.05) is 24.2 Å². The molecule has 0 bridgehead atoms. The van der Waals surface area contributed by atoms with Crippen LogP contribution >= 0.6 is 0 Å². The summed E-state index contributed by atoms with van der Waals surface area (Å²) in [7, 11) is 0. The van der Waals surface area contributed by atoms with Gasteiger partial charge in [-0.15, -0.1) is 0 Å². The third-order valence-electron chi connectivity index (χ3n) is 4.99. The van der Waals surface area contributed by atoms with Crippen LogP contribution in [0.4, 0.5) is 9.59 Å². The molecule has 6 N–H and O–H groups in total. The topological polar surface area (TPSA) is 129 Å². The van der Waals surface area contributed by atoms with Crippen LogP contribution in [0, 0.1) is 0 Å². The normalized spacial score (nSPS) is 27.2. The summed E-state index contributed by atoms with van der Waals surface area (Å²) in [4.78, 5) is 22.9. The molecule has 0 aliphatic heterocycles. The van der Waals surface area contributed by atoms with Crippen molar-refractivity contribution in [1.82, 2.24) is 10.6 Å². The molecule has 30 heavy (non-hydrogen) atoms. The second-order valence-electron chi connectivity index (χ2n) is 10.5. The van der Waals surface area contributed by atoms with E-state index in [9.17, 15) is 9.59 Å². The smallest absolute Gasteiger partial charge is 0.407 e. The van der Waals surface area contributed by atoms with Gasteiger partial charge in [0.05, 0.1) is 0 Å². The lowest BCUT2D eigenvalue weighted by Gasteiger charge is -2.28. The first-order chi connectivity index (χ1) is 13.7. The zero-order valence-corrected chi connectivity index (χ0v) is 19.8. The fourth-order valence-electron chi connectivity index (χ4n) is 3.48. The first kappa shape index (κ1) is 26.5. The van der Waals surface area contributed by atoms with E-state index in [0.717, 1.165) is 51.4 Å². The quantitative estimate of drug-likeness (QED) is 0.532. The van der Waals surface area contributed by atoms with Crippen LogP contribution in [0.5, 0.6) is 0 Å². The van der Waals surface area contributed by atoms with Crippen molar-refractivity contribution in [3.63, 3.8) is 0 Å². The summed E-state index contributed by atoms with van der Waals surface area (Å²) in [5.74, 6) is 0. The Hall–Kier alpha value is -1.54. The number of carbonyl (C=O) groups excluding carboxylic acids is 2. The lowest BCUT2D eigenvalue weighted by molar-refractivity contribution is 0.0479. The van der Waals surface area contributed by atoms with Crippen molar-refractivity contribution < 1.29 is 19.1 Å². The third-order valence-corrected chi connectivity index (χ3v) is 4.99.